The minimum atomic E-state index is -1.95. The van der Waals surface area contributed by atoms with Crippen molar-refractivity contribution in [3.05, 3.63) is 0 Å². The average molecular weight is 805 g/mol. The van der Waals surface area contributed by atoms with E-state index in [1.165, 1.54) is 0 Å². The van der Waals surface area contributed by atoms with Crippen LogP contribution in [0.15, 0.2) is 0 Å². The van der Waals surface area contributed by atoms with Gasteiger partial charge < -0.3 is 84.2 Å². The molecule has 320 valence electrons. The van der Waals surface area contributed by atoms with Gasteiger partial charge in [-0.25, -0.2) is 0 Å². The summed E-state index contributed by atoms with van der Waals surface area (Å²) in [6, 6.07) is 0. The molecule has 4 aliphatic carbocycles. The molecule has 18 heteroatoms. The number of esters is 1. The molecule has 0 radical (unpaired) electrons. The van der Waals surface area contributed by atoms with E-state index in [-0.39, 0.29) is 34.4 Å². The summed E-state index contributed by atoms with van der Waals surface area (Å²) in [5, 5.41) is 105. The predicted octanol–water partition coefficient (Wildman–Crippen LogP) is -2.84. The molecule has 0 aromatic heterocycles. The lowest BCUT2D eigenvalue weighted by atomic mass is 9.40. The number of aliphatic hydroxyl groups excluding tert-OH is 10. The maximum atomic E-state index is 14.8. The number of hydrogen-bond acceptors (Lipinski definition) is 18. The number of aliphatic hydroxyl groups is 10. The Morgan fingerprint density at radius 3 is 1.80 bits per heavy atom. The molecule has 1 spiro atoms. The number of carbonyl (C=O) groups excluding carboxylic acids is 1. The molecule has 56 heavy (non-hydrogen) atoms. The number of carbonyl (C=O) groups is 1. The summed E-state index contributed by atoms with van der Waals surface area (Å²) in [7, 11) is 0. The Bertz CT molecular complexity index is 1450. The predicted molar refractivity (Wildman–Crippen MR) is 184 cm³/mol. The van der Waals surface area contributed by atoms with Crippen molar-refractivity contribution in [1.82, 2.24) is 0 Å². The van der Waals surface area contributed by atoms with Crippen molar-refractivity contribution in [2.45, 2.75) is 176 Å². The molecule has 0 aromatic rings. The van der Waals surface area contributed by atoms with E-state index < -0.39 is 123 Å². The van der Waals surface area contributed by atoms with Gasteiger partial charge in [0, 0.05) is 0 Å². The maximum Gasteiger partial charge on any atom is 0.314 e. The first-order valence-electron chi connectivity index (χ1n) is 20.2. The first-order chi connectivity index (χ1) is 26.4. The molecule has 9 rings (SSSR count). The minimum Gasteiger partial charge on any atom is -0.432 e. The third-order valence-corrected chi connectivity index (χ3v) is 15.6. The standard InChI is InChI=1S/C38H60O18/c1-35-6-4-7-36(2,20(35)5-8-38-10-15-9-16(30(35)38)56-37(15,3)14-38)34(49)55-33-29(54-32-27(48)25(46)22(43)18(12-40)51-32)28(23(44)19(13-41)52-33)53-31-26(47)24(45)21(42)17(11-39)50-31/h15-33,39-48H,4-14H2,1-3H3/t15-,16+,17-,18-,19-,20+,21-,22-,23-,24+,25+,26-,27-,28+,29-,30+,31+,32+,33+,35-,36-,37+,38+/m1/s1. The second kappa shape index (κ2) is 14.8. The smallest absolute Gasteiger partial charge is 0.314 e. The molecule has 0 amide bonds. The van der Waals surface area contributed by atoms with E-state index in [0.717, 1.165) is 44.9 Å². The van der Waals surface area contributed by atoms with Gasteiger partial charge in [0.2, 0.25) is 6.29 Å². The van der Waals surface area contributed by atoms with Gasteiger partial charge in [-0.15, -0.1) is 0 Å². The van der Waals surface area contributed by atoms with Crippen LogP contribution in [0.4, 0.5) is 0 Å². The monoisotopic (exact) mass is 804 g/mol. The highest BCUT2D eigenvalue weighted by Crippen LogP contribution is 2.77. The molecule has 18 nitrogen and oxygen atoms in total. The Morgan fingerprint density at radius 1 is 0.679 bits per heavy atom. The fraction of sp³-hybridized carbons (Fsp3) is 0.974. The number of fused-ring (bicyclic) bond motifs is 1. The minimum absolute atomic E-state index is 0.0996. The quantitative estimate of drug-likeness (QED) is 0.105. The van der Waals surface area contributed by atoms with Crippen LogP contribution in [0.5, 0.6) is 0 Å². The highest BCUT2D eigenvalue weighted by molar-refractivity contribution is 5.77. The van der Waals surface area contributed by atoms with Crippen molar-refractivity contribution in [2.75, 3.05) is 19.8 Å². The molecule has 10 N–H and O–H groups in total. The van der Waals surface area contributed by atoms with Crippen molar-refractivity contribution in [3.8, 4) is 0 Å². The third-order valence-electron chi connectivity index (χ3n) is 15.6. The van der Waals surface area contributed by atoms with E-state index in [2.05, 4.69) is 13.8 Å². The fourth-order valence-electron chi connectivity index (χ4n) is 13.0. The van der Waals surface area contributed by atoms with E-state index in [9.17, 15) is 55.9 Å². The third kappa shape index (κ3) is 6.24. The summed E-state index contributed by atoms with van der Waals surface area (Å²) in [5.74, 6) is 0.0662. The van der Waals surface area contributed by atoms with Gasteiger partial charge in [-0.1, -0.05) is 13.3 Å². The molecule has 9 fully saturated rings. The molecule has 5 heterocycles. The van der Waals surface area contributed by atoms with Gasteiger partial charge in [0.1, 0.15) is 67.1 Å². The molecule has 5 saturated heterocycles. The summed E-state index contributed by atoms with van der Waals surface area (Å²) >= 11 is 0. The first kappa shape index (κ1) is 41.6. The normalized spacial score (nSPS) is 57.8. The van der Waals surface area contributed by atoms with Crippen LogP contribution in [0, 0.1) is 34.0 Å². The molecule has 4 saturated carbocycles. The van der Waals surface area contributed by atoms with Crippen LogP contribution >= 0.6 is 0 Å². The SMILES string of the molecule is C[C@@]12CCC[C@@](C)(C(=O)O[C@@H]3O[C@H](CO)[C@@H](O)[C@H](O[C@@H]4O[C@H](CO)[C@@H](O)[C@H](O)[C@H]4O)[C@H]3O[C@@H]3O[C@H](CO)[C@@H](O)[C@H](O)[C@H]3O)[C@H]1CC[C@]13C[C@H]4C[C@H](O[C@@]4(C)C1)[C@H]32. The van der Waals surface area contributed by atoms with Crippen LogP contribution in [0.2, 0.25) is 0 Å². The summed E-state index contributed by atoms with van der Waals surface area (Å²) in [5.41, 5.74) is -1.22. The summed E-state index contributed by atoms with van der Waals surface area (Å²) in [4.78, 5) is 14.8. The van der Waals surface area contributed by atoms with Crippen molar-refractivity contribution in [1.29, 1.82) is 0 Å². The van der Waals surface area contributed by atoms with Gasteiger partial charge in [0.05, 0.1) is 36.9 Å². The van der Waals surface area contributed by atoms with Crippen LogP contribution in [0.25, 0.3) is 0 Å². The van der Waals surface area contributed by atoms with Gasteiger partial charge in [-0.2, -0.15) is 0 Å². The Hall–Kier alpha value is -1.17. The number of ether oxygens (including phenoxy) is 7. The van der Waals surface area contributed by atoms with Gasteiger partial charge in [-0.05, 0) is 87.4 Å². The molecule has 0 aromatic carbocycles. The average Bonchev–Trinajstić information content (AvgIpc) is 3.53. The Kier molecular flexibility index (Phi) is 11.0. The lowest BCUT2D eigenvalue weighted by Gasteiger charge is -2.65. The van der Waals surface area contributed by atoms with Gasteiger partial charge in [0.25, 0.3) is 0 Å². The van der Waals surface area contributed by atoms with Crippen LogP contribution < -0.4 is 0 Å². The zero-order valence-corrected chi connectivity index (χ0v) is 32.0. The molecular formula is C38H60O18. The van der Waals surface area contributed by atoms with Crippen molar-refractivity contribution in [2.24, 2.45) is 34.0 Å². The second-order valence-corrected chi connectivity index (χ2v) is 18.7. The zero-order valence-electron chi connectivity index (χ0n) is 32.0. The molecule has 23 atom stereocenters. The summed E-state index contributed by atoms with van der Waals surface area (Å²) in [6.07, 6.45) is -19.1. The largest absolute Gasteiger partial charge is 0.432 e. The highest BCUT2D eigenvalue weighted by Gasteiger charge is 2.74. The number of rotatable bonds is 9. The zero-order chi connectivity index (χ0) is 40.3. The Balaban J connectivity index is 1.10. The molecule has 0 unspecified atom stereocenters. The van der Waals surface area contributed by atoms with E-state index >= 15 is 0 Å². The van der Waals surface area contributed by atoms with Crippen molar-refractivity contribution < 1.29 is 89.0 Å². The number of hydrogen-bond donors (Lipinski definition) is 10. The van der Waals surface area contributed by atoms with E-state index in [4.69, 9.17) is 33.2 Å². The molecule has 9 aliphatic rings. The lowest BCUT2D eigenvalue weighted by molar-refractivity contribution is -0.389. The van der Waals surface area contributed by atoms with E-state index in [1.54, 1.807) is 0 Å². The molecule has 4 bridgehead atoms. The Morgan fingerprint density at radius 2 is 1.23 bits per heavy atom. The van der Waals surface area contributed by atoms with E-state index in [0.29, 0.717) is 12.3 Å². The van der Waals surface area contributed by atoms with Crippen LogP contribution in [-0.2, 0) is 38.0 Å². The van der Waals surface area contributed by atoms with E-state index in [1.807, 2.05) is 6.92 Å². The summed E-state index contributed by atoms with van der Waals surface area (Å²) < 4.78 is 42.2. The van der Waals surface area contributed by atoms with Gasteiger partial charge >= 0.3 is 5.97 Å². The fourth-order valence-corrected chi connectivity index (χ4v) is 13.0. The second-order valence-electron chi connectivity index (χ2n) is 18.7. The Labute approximate surface area is 324 Å². The first-order valence-corrected chi connectivity index (χ1v) is 20.2. The van der Waals surface area contributed by atoms with Crippen LogP contribution in [0.3, 0.4) is 0 Å². The molecular weight excluding hydrogens is 744 g/mol. The maximum absolute atomic E-state index is 14.8. The van der Waals surface area contributed by atoms with Crippen LogP contribution in [0.1, 0.15) is 72.1 Å². The van der Waals surface area contributed by atoms with Gasteiger partial charge in [-0.3, -0.25) is 4.79 Å². The van der Waals surface area contributed by atoms with Gasteiger partial charge in [0.15, 0.2) is 18.7 Å². The van der Waals surface area contributed by atoms with Crippen LogP contribution in [-0.4, -0.2) is 181 Å². The highest BCUT2D eigenvalue weighted by atomic mass is 16.8. The molecule has 5 aliphatic heterocycles. The van der Waals surface area contributed by atoms with Crippen molar-refractivity contribution >= 4 is 5.97 Å². The topological polar surface area (TPSA) is 284 Å². The summed E-state index contributed by atoms with van der Waals surface area (Å²) in [6.45, 7) is 4.01. The lowest BCUT2D eigenvalue weighted by Crippen LogP contribution is -2.68. The van der Waals surface area contributed by atoms with Crippen molar-refractivity contribution in [3.63, 3.8) is 0 Å².